The van der Waals surface area contributed by atoms with Crippen LogP contribution in [0.2, 0.25) is 0 Å². The number of nitrogens with one attached hydrogen (secondary N) is 1. The van der Waals surface area contributed by atoms with Crippen molar-refractivity contribution in [1.29, 1.82) is 0 Å². The second kappa shape index (κ2) is 7.35. The molecule has 0 aliphatic heterocycles. The molecule has 0 unspecified atom stereocenters. The Labute approximate surface area is 119 Å². The van der Waals surface area contributed by atoms with Crippen molar-refractivity contribution in [2.45, 2.75) is 31.4 Å². The molecule has 0 fully saturated rings. The Bertz CT molecular complexity index is 483. The van der Waals surface area contributed by atoms with Gasteiger partial charge >= 0.3 is 0 Å². The van der Waals surface area contributed by atoms with Crippen LogP contribution in [0.25, 0.3) is 0 Å². The van der Waals surface area contributed by atoms with Crippen molar-refractivity contribution in [2.24, 2.45) is 0 Å². The van der Waals surface area contributed by atoms with E-state index in [1.807, 2.05) is 13.8 Å². The molecule has 0 amide bonds. The molecule has 7 heteroatoms. The van der Waals surface area contributed by atoms with Crippen molar-refractivity contribution in [2.75, 3.05) is 27.2 Å². The van der Waals surface area contributed by atoms with Gasteiger partial charge in [0, 0.05) is 25.0 Å². The molecule has 0 bridgehead atoms. The monoisotopic (exact) mass is 306 g/mol. The first kappa shape index (κ1) is 16.6. The second-order valence-corrected chi connectivity index (χ2v) is 7.50. The van der Waals surface area contributed by atoms with Gasteiger partial charge in [-0.05, 0) is 32.3 Å². The number of nitrogens with zero attached hydrogens (tertiary/aromatic N) is 1. The number of thiophene rings is 1. The van der Waals surface area contributed by atoms with Crippen molar-refractivity contribution in [3.8, 4) is 0 Å². The van der Waals surface area contributed by atoms with Gasteiger partial charge in [-0.15, -0.1) is 11.3 Å². The predicted octanol–water partition coefficient (Wildman–Crippen LogP) is 1.51. The van der Waals surface area contributed by atoms with Gasteiger partial charge in [0.1, 0.15) is 0 Å². The molecule has 5 nitrogen and oxygen atoms in total. The zero-order valence-electron chi connectivity index (χ0n) is 11.8. The van der Waals surface area contributed by atoms with Crippen LogP contribution in [0.15, 0.2) is 16.3 Å². The average molecular weight is 306 g/mol. The third-order valence-electron chi connectivity index (χ3n) is 2.59. The number of hydrogen-bond donors (Lipinski definition) is 1. The van der Waals surface area contributed by atoms with Gasteiger partial charge in [0.05, 0.1) is 17.6 Å². The largest absolute Gasteiger partial charge is 0.377 e. The molecule has 0 spiro atoms. The van der Waals surface area contributed by atoms with E-state index < -0.39 is 10.0 Å². The molecule has 0 saturated carbocycles. The van der Waals surface area contributed by atoms with Gasteiger partial charge in [0.2, 0.25) is 10.0 Å². The van der Waals surface area contributed by atoms with Gasteiger partial charge in [-0.1, -0.05) is 0 Å². The van der Waals surface area contributed by atoms with E-state index in [9.17, 15) is 8.42 Å². The van der Waals surface area contributed by atoms with E-state index in [0.29, 0.717) is 24.6 Å². The first-order valence-corrected chi connectivity index (χ1v) is 8.50. The molecule has 0 aromatic carbocycles. The first-order chi connectivity index (χ1) is 8.89. The summed E-state index contributed by atoms with van der Waals surface area (Å²) in [5.74, 6) is 0. The normalized spacial score (nSPS) is 12.5. The van der Waals surface area contributed by atoms with Crippen molar-refractivity contribution in [3.05, 3.63) is 16.3 Å². The highest BCUT2D eigenvalue weighted by molar-refractivity contribution is 7.89. The highest BCUT2D eigenvalue weighted by Crippen LogP contribution is 2.24. The molecular formula is C12H22N2O3S2. The summed E-state index contributed by atoms with van der Waals surface area (Å²) >= 11 is 1.45. The van der Waals surface area contributed by atoms with Gasteiger partial charge in [0.15, 0.2) is 0 Å². The van der Waals surface area contributed by atoms with E-state index in [1.165, 1.54) is 15.6 Å². The molecule has 1 aromatic heterocycles. The molecule has 0 aliphatic rings. The van der Waals surface area contributed by atoms with E-state index in [4.69, 9.17) is 4.74 Å². The maximum absolute atomic E-state index is 12.4. The lowest BCUT2D eigenvalue weighted by Crippen LogP contribution is -2.31. The summed E-state index contributed by atoms with van der Waals surface area (Å²) in [4.78, 5) is 1.22. The average Bonchev–Trinajstić information content (AvgIpc) is 2.77. The molecular weight excluding hydrogens is 284 g/mol. The number of sulfonamides is 1. The minimum atomic E-state index is -3.42. The second-order valence-electron chi connectivity index (χ2n) is 4.48. The predicted molar refractivity (Wildman–Crippen MR) is 78.0 cm³/mol. The fourth-order valence-corrected chi connectivity index (χ4v) is 4.13. The maximum Gasteiger partial charge on any atom is 0.244 e. The maximum atomic E-state index is 12.4. The Balaban J connectivity index is 2.76. The van der Waals surface area contributed by atoms with Crippen LogP contribution in [-0.2, 0) is 21.3 Å². The summed E-state index contributed by atoms with van der Waals surface area (Å²) in [6, 6.07) is 1.66. The van der Waals surface area contributed by atoms with E-state index in [1.54, 1.807) is 25.5 Å². The Kier molecular flexibility index (Phi) is 6.41. The summed E-state index contributed by atoms with van der Waals surface area (Å²) in [7, 11) is -0.0376. The molecule has 0 radical (unpaired) electrons. The van der Waals surface area contributed by atoms with Gasteiger partial charge < -0.3 is 10.1 Å². The minimum Gasteiger partial charge on any atom is -0.377 e. The van der Waals surface area contributed by atoms with Gasteiger partial charge in [-0.2, -0.15) is 4.31 Å². The van der Waals surface area contributed by atoms with Crippen LogP contribution in [0.5, 0.6) is 0 Å². The van der Waals surface area contributed by atoms with E-state index in [0.717, 1.165) is 4.88 Å². The lowest BCUT2D eigenvalue weighted by Gasteiger charge is -2.18. The zero-order valence-corrected chi connectivity index (χ0v) is 13.5. The summed E-state index contributed by atoms with van der Waals surface area (Å²) in [5, 5.41) is 4.79. The van der Waals surface area contributed by atoms with E-state index >= 15 is 0 Å². The van der Waals surface area contributed by atoms with Gasteiger partial charge in [0.25, 0.3) is 0 Å². The van der Waals surface area contributed by atoms with Crippen molar-refractivity contribution < 1.29 is 13.2 Å². The van der Waals surface area contributed by atoms with Crippen LogP contribution in [0.3, 0.4) is 0 Å². The van der Waals surface area contributed by atoms with Crippen LogP contribution in [0.1, 0.15) is 18.7 Å². The highest BCUT2D eigenvalue weighted by atomic mass is 32.2. The first-order valence-electron chi connectivity index (χ1n) is 6.18. The lowest BCUT2D eigenvalue weighted by molar-refractivity contribution is 0.0737. The number of hydrogen-bond acceptors (Lipinski definition) is 5. The van der Waals surface area contributed by atoms with Crippen LogP contribution in [-0.4, -0.2) is 46.1 Å². The topological polar surface area (TPSA) is 58.6 Å². The molecule has 19 heavy (non-hydrogen) atoms. The third kappa shape index (κ3) is 4.54. The summed E-state index contributed by atoms with van der Waals surface area (Å²) < 4.78 is 31.6. The Morgan fingerprint density at radius 3 is 2.74 bits per heavy atom. The number of likely N-dealkylation sites (N-methyl/N-ethyl adjacent to an activating group) is 1. The van der Waals surface area contributed by atoms with Crippen molar-refractivity contribution >= 4 is 21.4 Å². The molecule has 1 aromatic rings. The standard InChI is InChI=1S/C12H22N2O3S2/c1-10(2)17-7-6-14(4)19(15,16)12-5-8-18-11(12)9-13-3/h5,8,10,13H,6-7,9H2,1-4H3. The SMILES string of the molecule is CNCc1sccc1S(=O)(=O)N(C)CCOC(C)C. The third-order valence-corrected chi connectivity index (χ3v) is 5.58. The Morgan fingerprint density at radius 2 is 2.16 bits per heavy atom. The fourth-order valence-electron chi connectivity index (χ4n) is 1.55. The molecule has 1 N–H and O–H groups in total. The summed E-state index contributed by atoms with van der Waals surface area (Å²) in [6.45, 7) is 5.17. The molecule has 110 valence electrons. The lowest BCUT2D eigenvalue weighted by atomic mass is 10.5. The fraction of sp³-hybridized carbons (Fsp3) is 0.667. The quantitative estimate of drug-likeness (QED) is 0.791. The summed E-state index contributed by atoms with van der Waals surface area (Å²) in [6.07, 6.45) is 0.108. The Morgan fingerprint density at radius 1 is 1.47 bits per heavy atom. The Hall–Kier alpha value is -0.470. The van der Waals surface area contributed by atoms with Crippen LogP contribution >= 0.6 is 11.3 Å². The molecule has 0 saturated heterocycles. The smallest absolute Gasteiger partial charge is 0.244 e. The van der Waals surface area contributed by atoms with Crippen LogP contribution in [0, 0.1) is 0 Å². The van der Waals surface area contributed by atoms with Crippen LogP contribution in [0.4, 0.5) is 0 Å². The highest BCUT2D eigenvalue weighted by Gasteiger charge is 2.24. The van der Waals surface area contributed by atoms with E-state index in [-0.39, 0.29) is 6.10 Å². The van der Waals surface area contributed by atoms with Crippen molar-refractivity contribution in [3.63, 3.8) is 0 Å². The van der Waals surface area contributed by atoms with E-state index in [2.05, 4.69) is 5.32 Å². The number of rotatable bonds is 8. The van der Waals surface area contributed by atoms with Gasteiger partial charge in [-0.3, -0.25) is 0 Å². The zero-order chi connectivity index (χ0) is 14.5. The molecule has 1 rings (SSSR count). The molecule has 0 atom stereocenters. The molecule has 1 heterocycles. The van der Waals surface area contributed by atoms with Gasteiger partial charge in [-0.25, -0.2) is 8.42 Å². The summed E-state index contributed by atoms with van der Waals surface area (Å²) in [5.41, 5.74) is 0. The molecule has 0 aliphatic carbocycles. The van der Waals surface area contributed by atoms with Crippen molar-refractivity contribution in [1.82, 2.24) is 9.62 Å². The minimum absolute atomic E-state index is 0.108. The number of ether oxygens (including phenoxy) is 1. The van der Waals surface area contributed by atoms with Crippen LogP contribution < -0.4 is 5.32 Å².